The number of benzene rings is 1. The van der Waals surface area contributed by atoms with Gasteiger partial charge in [0, 0.05) is 84.8 Å². The topological polar surface area (TPSA) is 88.1 Å². The minimum absolute atomic E-state index is 0.169. The van der Waals surface area contributed by atoms with Crippen molar-refractivity contribution in [1.82, 2.24) is 19.2 Å². The van der Waals surface area contributed by atoms with Gasteiger partial charge in [-0.2, -0.15) is 4.31 Å². The fraction of sp³-hybridized carbons (Fsp3) is 0.630. The summed E-state index contributed by atoms with van der Waals surface area (Å²) in [7, 11) is -1.38. The van der Waals surface area contributed by atoms with E-state index in [9.17, 15) is 8.42 Å². The molecule has 0 atom stereocenters. The van der Waals surface area contributed by atoms with E-state index in [4.69, 9.17) is 9.47 Å². The van der Waals surface area contributed by atoms with Crippen molar-refractivity contribution in [3.8, 4) is 5.75 Å². The number of piperidine rings is 1. The van der Waals surface area contributed by atoms with E-state index in [1.54, 1.807) is 11.4 Å². The Bertz CT molecular complexity index is 1100. The molecular formula is C27H41N5O4S. The molecule has 0 saturated carbocycles. The van der Waals surface area contributed by atoms with E-state index in [0.29, 0.717) is 19.7 Å². The molecule has 0 radical (unpaired) electrons. The zero-order valence-corrected chi connectivity index (χ0v) is 23.3. The van der Waals surface area contributed by atoms with Gasteiger partial charge in [-0.05, 0) is 42.0 Å². The average molecular weight is 532 g/mol. The molecule has 204 valence electrons. The number of anilines is 1. The highest BCUT2D eigenvalue weighted by atomic mass is 32.2. The van der Waals surface area contributed by atoms with Crippen molar-refractivity contribution in [2.24, 2.45) is 0 Å². The fourth-order valence-corrected chi connectivity index (χ4v) is 5.80. The minimum atomic E-state index is -3.12. The van der Waals surface area contributed by atoms with Crippen LogP contribution in [0.2, 0.25) is 0 Å². The molecule has 4 rings (SSSR count). The standard InChI is InChI=1S/C27H41N5O4S/c1-4-22-19-28-27(29-20-22)31-11-9-25(10-12-31)36-26-8-7-23(18-24(26)6-5-17-35-2)21-30-13-15-32(16-14-30)37(3,33)34/h7-8,18-20,25H,4-6,9-17,21H2,1-3H3. The summed E-state index contributed by atoms with van der Waals surface area (Å²) >= 11 is 0. The fourth-order valence-electron chi connectivity index (χ4n) is 4.97. The van der Waals surface area contributed by atoms with Crippen LogP contribution in [-0.2, 0) is 34.1 Å². The Hall–Kier alpha value is -2.27. The van der Waals surface area contributed by atoms with Gasteiger partial charge in [-0.1, -0.05) is 19.1 Å². The monoisotopic (exact) mass is 531 g/mol. The third kappa shape index (κ3) is 7.86. The van der Waals surface area contributed by atoms with E-state index in [1.165, 1.54) is 17.4 Å². The van der Waals surface area contributed by atoms with Crippen molar-refractivity contribution in [2.75, 3.05) is 64.1 Å². The number of hydrogen-bond acceptors (Lipinski definition) is 8. The zero-order chi connectivity index (χ0) is 26.3. The molecule has 10 heteroatoms. The van der Waals surface area contributed by atoms with Crippen LogP contribution in [0, 0.1) is 0 Å². The van der Waals surface area contributed by atoms with Crippen LogP contribution in [0.15, 0.2) is 30.6 Å². The average Bonchev–Trinajstić information content (AvgIpc) is 2.90. The number of rotatable bonds is 11. The molecule has 0 bridgehead atoms. The second-order valence-corrected chi connectivity index (χ2v) is 12.0. The van der Waals surface area contributed by atoms with Gasteiger partial charge in [-0.3, -0.25) is 4.90 Å². The van der Waals surface area contributed by atoms with Crippen LogP contribution in [0.3, 0.4) is 0 Å². The van der Waals surface area contributed by atoms with Crippen LogP contribution < -0.4 is 9.64 Å². The first-order valence-corrected chi connectivity index (χ1v) is 15.2. The smallest absolute Gasteiger partial charge is 0.225 e. The van der Waals surface area contributed by atoms with Crippen LogP contribution in [-0.4, -0.2) is 92.9 Å². The third-order valence-electron chi connectivity index (χ3n) is 7.24. The van der Waals surface area contributed by atoms with E-state index < -0.39 is 10.0 Å². The van der Waals surface area contributed by atoms with Crippen molar-refractivity contribution in [3.63, 3.8) is 0 Å². The number of nitrogens with zero attached hydrogens (tertiary/aromatic N) is 5. The summed E-state index contributed by atoms with van der Waals surface area (Å²) in [5.74, 6) is 1.77. The molecule has 0 amide bonds. The molecule has 3 heterocycles. The normalized spacial score (nSPS) is 18.3. The van der Waals surface area contributed by atoms with Crippen molar-refractivity contribution < 1.29 is 17.9 Å². The lowest BCUT2D eigenvalue weighted by atomic mass is 10.0. The molecule has 1 aromatic carbocycles. The summed E-state index contributed by atoms with van der Waals surface area (Å²) in [5.41, 5.74) is 3.60. The number of sulfonamides is 1. The molecule has 2 fully saturated rings. The maximum absolute atomic E-state index is 11.8. The van der Waals surface area contributed by atoms with Crippen LogP contribution in [0.25, 0.3) is 0 Å². The Labute approximate surface area is 221 Å². The van der Waals surface area contributed by atoms with Crippen molar-refractivity contribution in [2.45, 2.75) is 51.7 Å². The predicted octanol–water partition coefficient (Wildman–Crippen LogP) is 2.74. The van der Waals surface area contributed by atoms with Gasteiger partial charge >= 0.3 is 0 Å². The number of ether oxygens (including phenoxy) is 2. The summed E-state index contributed by atoms with van der Waals surface area (Å²) in [5, 5.41) is 0. The molecule has 2 aromatic rings. The summed E-state index contributed by atoms with van der Waals surface area (Å²) in [6.45, 7) is 7.98. The van der Waals surface area contributed by atoms with Crippen molar-refractivity contribution >= 4 is 16.0 Å². The first kappa shape index (κ1) is 27.8. The van der Waals surface area contributed by atoms with Crippen molar-refractivity contribution in [1.29, 1.82) is 0 Å². The number of hydrogen-bond donors (Lipinski definition) is 0. The van der Waals surface area contributed by atoms with Crippen LogP contribution >= 0.6 is 0 Å². The number of aryl methyl sites for hydroxylation is 2. The molecule has 2 aliphatic heterocycles. The highest BCUT2D eigenvalue weighted by Crippen LogP contribution is 2.27. The van der Waals surface area contributed by atoms with E-state index in [0.717, 1.165) is 82.1 Å². The third-order valence-corrected chi connectivity index (χ3v) is 8.55. The van der Waals surface area contributed by atoms with Gasteiger partial charge in [0.05, 0.1) is 6.26 Å². The van der Waals surface area contributed by atoms with E-state index >= 15 is 0 Å². The minimum Gasteiger partial charge on any atom is -0.490 e. The first-order valence-electron chi connectivity index (χ1n) is 13.4. The lowest BCUT2D eigenvalue weighted by Crippen LogP contribution is -2.47. The Kier molecular flexibility index (Phi) is 9.75. The molecular weight excluding hydrogens is 490 g/mol. The number of methoxy groups -OCH3 is 1. The molecule has 1 aromatic heterocycles. The Morgan fingerprint density at radius 2 is 1.70 bits per heavy atom. The predicted molar refractivity (Wildman–Crippen MR) is 146 cm³/mol. The number of piperazine rings is 1. The Morgan fingerprint density at radius 3 is 2.32 bits per heavy atom. The SMILES string of the molecule is CCc1cnc(N2CCC(Oc3ccc(CN4CCN(S(C)(=O)=O)CC4)cc3CCCOC)CC2)nc1. The van der Waals surface area contributed by atoms with Gasteiger partial charge < -0.3 is 14.4 Å². The van der Waals surface area contributed by atoms with Gasteiger partial charge in [0.15, 0.2) is 0 Å². The molecule has 0 aliphatic carbocycles. The molecule has 0 spiro atoms. The second kappa shape index (κ2) is 13.0. The summed E-state index contributed by atoms with van der Waals surface area (Å²) in [4.78, 5) is 13.6. The largest absolute Gasteiger partial charge is 0.490 e. The van der Waals surface area contributed by atoms with Gasteiger partial charge in [0.2, 0.25) is 16.0 Å². The van der Waals surface area contributed by atoms with E-state index in [2.05, 4.69) is 44.9 Å². The molecule has 0 N–H and O–H groups in total. The summed E-state index contributed by atoms with van der Waals surface area (Å²) in [6.07, 6.45) is 9.95. The quantitative estimate of drug-likeness (QED) is 0.409. The molecule has 0 unspecified atom stereocenters. The first-order chi connectivity index (χ1) is 17.9. The summed E-state index contributed by atoms with van der Waals surface area (Å²) in [6, 6.07) is 6.52. The molecule has 9 nitrogen and oxygen atoms in total. The lowest BCUT2D eigenvalue weighted by Gasteiger charge is -2.33. The van der Waals surface area contributed by atoms with Gasteiger partial charge in [-0.15, -0.1) is 0 Å². The van der Waals surface area contributed by atoms with Crippen LogP contribution in [0.4, 0.5) is 5.95 Å². The maximum Gasteiger partial charge on any atom is 0.225 e. The van der Waals surface area contributed by atoms with E-state index in [-0.39, 0.29) is 6.10 Å². The second-order valence-electron chi connectivity index (χ2n) is 10.0. The Balaban J connectivity index is 1.35. The van der Waals surface area contributed by atoms with Gasteiger partial charge in [-0.25, -0.2) is 18.4 Å². The highest BCUT2D eigenvalue weighted by molar-refractivity contribution is 7.88. The molecule has 2 saturated heterocycles. The summed E-state index contributed by atoms with van der Waals surface area (Å²) < 4.78 is 37.0. The maximum atomic E-state index is 11.8. The van der Waals surface area contributed by atoms with E-state index in [1.807, 2.05) is 12.4 Å². The van der Waals surface area contributed by atoms with Crippen LogP contribution in [0.1, 0.15) is 42.9 Å². The van der Waals surface area contributed by atoms with Gasteiger partial charge in [0.1, 0.15) is 11.9 Å². The zero-order valence-electron chi connectivity index (χ0n) is 22.4. The highest BCUT2D eigenvalue weighted by Gasteiger charge is 2.25. The van der Waals surface area contributed by atoms with Crippen molar-refractivity contribution in [3.05, 3.63) is 47.3 Å². The van der Waals surface area contributed by atoms with Crippen LogP contribution in [0.5, 0.6) is 5.75 Å². The lowest BCUT2D eigenvalue weighted by molar-refractivity contribution is 0.167. The number of aromatic nitrogens is 2. The molecule has 2 aliphatic rings. The molecule has 37 heavy (non-hydrogen) atoms. The van der Waals surface area contributed by atoms with Gasteiger partial charge in [0.25, 0.3) is 0 Å². The Morgan fingerprint density at radius 1 is 1.00 bits per heavy atom.